The minimum absolute atomic E-state index is 0.00602. The van der Waals surface area contributed by atoms with E-state index in [0.29, 0.717) is 12.5 Å². The molecule has 1 aliphatic carbocycles. The first-order chi connectivity index (χ1) is 8.45. The first-order valence-electron chi connectivity index (χ1n) is 6.04. The summed E-state index contributed by atoms with van der Waals surface area (Å²) in [5, 5.41) is 0. The average molecular weight is 258 g/mol. The van der Waals surface area contributed by atoms with Crippen LogP contribution in [0.5, 0.6) is 0 Å². The Morgan fingerprint density at radius 3 is 2.44 bits per heavy atom. The number of nitrogens with two attached hydrogens (primary N) is 1. The molecule has 0 radical (unpaired) electrons. The summed E-state index contributed by atoms with van der Waals surface area (Å²) in [5.41, 5.74) is 5.31. The Labute approximate surface area is 105 Å². The molecule has 2 N–H and O–H groups in total. The number of hydrogen-bond acceptors (Lipinski definition) is 2. The van der Waals surface area contributed by atoms with Crippen LogP contribution in [-0.4, -0.2) is 19.6 Å². The lowest BCUT2D eigenvalue weighted by Gasteiger charge is -2.31. The molecule has 1 unspecified atom stereocenters. The van der Waals surface area contributed by atoms with Crippen LogP contribution in [0, 0.1) is 5.92 Å². The highest BCUT2D eigenvalue weighted by Crippen LogP contribution is 2.40. The van der Waals surface area contributed by atoms with Gasteiger partial charge in [0.2, 0.25) is 0 Å². The van der Waals surface area contributed by atoms with Crippen molar-refractivity contribution in [1.29, 1.82) is 0 Å². The molecule has 100 valence electrons. The van der Waals surface area contributed by atoms with Gasteiger partial charge in [0.05, 0.1) is 5.56 Å². The molecule has 0 heterocycles. The minimum atomic E-state index is -4.33. The quantitative estimate of drug-likeness (QED) is 0.899. The van der Waals surface area contributed by atoms with E-state index in [4.69, 9.17) is 5.73 Å². The Morgan fingerprint density at radius 2 is 1.94 bits per heavy atom. The lowest BCUT2D eigenvalue weighted by atomic mass is 10.1. The van der Waals surface area contributed by atoms with E-state index in [1.54, 1.807) is 18.0 Å². The Kier molecular flexibility index (Phi) is 3.52. The summed E-state index contributed by atoms with van der Waals surface area (Å²) in [6.45, 7) is 0.382. The van der Waals surface area contributed by atoms with Gasteiger partial charge in [-0.05, 0) is 30.9 Å². The molecule has 1 saturated carbocycles. The summed E-state index contributed by atoms with van der Waals surface area (Å²) in [6.07, 6.45) is -2.21. The number of halogens is 3. The van der Waals surface area contributed by atoms with Crippen LogP contribution < -0.4 is 10.6 Å². The van der Waals surface area contributed by atoms with Crippen molar-refractivity contribution in [1.82, 2.24) is 0 Å². The molecular weight excluding hydrogens is 241 g/mol. The fraction of sp³-hybridized carbons (Fsp3) is 0.538. The standard InChI is InChI=1S/C13H17F3N2/c1-18(12(8-17)9-6-7-9)11-5-3-2-4-10(11)13(14,15)16/h2-5,9,12H,6-8,17H2,1H3. The zero-order chi connectivity index (χ0) is 13.3. The third-order valence-electron chi connectivity index (χ3n) is 3.49. The van der Waals surface area contributed by atoms with Gasteiger partial charge in [0.15, 0.2) is 0 Å². The second-order valence-electron chi connectivity index (χ2n) is 4.77. The first-order valence-corrected chi connectivity index (χ1v) is 6.04. The van der Waals surface area contributed by atoms with E-state index < -0.39 is 11.7 Å². The van der Waals surface area contributed by atoms with Gasteiger partial charge >= 0.3 is 6.18 Å². The summed E-state index contributed by atoms with van der Waals surface area (Å²) in [6, 6.07) is 5.66. The van der Waals surface area contributed by atoms with Gasteiger partial charge in [-0.2, -0.15) is 13.2 Å². The van der Waals surface area contributed by atoms with Crippen LogP contribution in [-0.2, 0) is 6.18 Å². The average Bonchev–Trinajstić information content (AvgIpc) is 3.13. The second-order valence-corrected chi connectivity index (χ2v) is 4.77. The van der Waals surface area contributed by atoms with Crippen molar-refractivity contribution in [2.75, 3.05) is 18.5 Å². The van der Waals surface area contributed by atoms with E-state index in [2.05, 4.69) is 0 Å². The summed E-state index contributed by atoms with van der Waals surface area (Å²) >= 11 is 0. The smallest absolute Gasteiger partial charge is 0.370 e. The molecule has 0 spiro atoms. The second kappa shape index (κ2) is 4.80. The van der Waals surface area contributed by atoms with Gasteiger partial charge in [0.1, 0.15) is 0 Å². The molecule has 2 nitrogen and oxygen atoms in total. The van der Waals surface area contributed by atoms with Gasteiger partial charge in [-0.15, -0.1) is 0 Å². The number of para-hydroxylation sites is 1. The van der Waals surface area contributed by atoms with Gasteiger partial charge < -0.3 is 10.6 Å². The largest absolute Gasteiger partial charge is 0.418 e. The van der Waals surface area contributed by atoms with E-state index in [0.717, 1.165) is 18.9 Å². The highest BCUT2D eigenvalue weighted by Gasteiger charge is 2.38. The molecule has 5 heteroatoms. The predicted octanol–water partition coefficient (Wildman–Crippen LogP) is 2.88. The molecule has 1 aliphatic rings. The van der Waals surface area contributed by atoms with Crippen LogP contribution in [0.15, 0.2) is 24.3 Å². The Bertz CT molecular complexity index is 413. The van der Waals surface area contributed by atoms with Crippen molar-refractivity contribution in [3.63, 3.8) is 0 Å². The van der Waals surface area contributed by atoms with Gasteiger partial charge in [0, 0.05) is 25.3 Å². The number of nitrogens with zero attached hydrogens (tertiary/aromatic N) is 1. The molecule has 0 aromatic heterocycles. The number of alkyl halides is 3. The first kappa shape index (κ1) is 13.2. The van der Waals surface area contributed by atoms with Gasteiger partial charge in [0.25, 0.3) is 0 Å². The van der Waals surface area contributed by atoms with E-state index in [1.165, 1.54) is 12.1 Å². The van der Waals surface area contributed by atoms with E-state index in [9.17, 15) is 13.2 Å². The van der Waals surface area contributed by atoms with Crippen LogP contribution in [0.1, 0.15) is 18.4 Å². The minimum Gasteiger partial charge on any atom is -0.370 e. The molecule has 0 amide bonds. The molecule has 0 bridgehead atoms. The molecule has 1 aromatic rings. The summed E-state index contributed by atoms with van der Waals surface area (Å²) < 4.78 is 38.8. The lowest BCUT2D eigenvalue weighted by molar-refractivity contribution is -0.137. The number of rotatable bonds is 4. The zero-order valence-corrected chi connectivity index (χ0v) is 10.2. The summed E-state index contributed by atoms with van der Waals surface area (Å²) in [4.78, 5) is 1.68. The van der Waals surface area contributed by atoms with Gasteiger partial charge in [-0.25, -0.2) is 0 Å². The van der Waals surface area contributed by atoms with Crippen molar-refractivity contribution in [3.05, 3.63) is 29.8 Å². The summed E-state index contributed by atoms with van der Waals surface area (Å²) in [5.74, 6) is 0.432. The fourth-order valence-corrected chi connectivity index (χ4v) is 2.35. The predicted molar refractivity (Wildman–Crippen MR) is 65.4 cm³/mol. The maximum Gasteiger partial charge on any atom is 0.418 e. The maximum atomic E-state index is 12.9. The highest BCUT2D eigenvalue weighted by molar-refractivity contribution is 5.55. The van der Waals surface area contributed by atoms with Crippen molar-refractivity contribution in [2.45, 2.75) is 25.1 Å². The molecular formula is C13H17F3N2. The number of likely N-dealkylation sites (N-methyl/N-ethyl adjacent to an activating group) is 1. The van der Waals surface area contributed by atoms with Crippen molar-refractivity contribution in [3.8, 4) is 0 Å². The Morgan fingerprint density at radius 1 is 1.33 bits per heavy atom. The lowest BCUT2D eigenvalue weighted by Crippen LogP contribution is -2.40. The van der Waals surface area contributed by atoms with E-state index >= 15 is 0 Å². The van der Waals surface area contributed by atoms with Crippen LogP contribution in [0.3, 0.4) is 0 Å². The molecule has 1 atom stereocenters. The number of anilines is 1. The molecule has 0 saturated heterocycles. The molecule has 1 fully saturated rings. The van der Waals surface area contributed by atoms with Crippen molar-refractivity contribution < 1.29 is 13.2 Å². The third kappa shape index (κ3) is 2.61. The normalized spacial score (nSPS) is 17.6. The van der Waals surface area contributed by atoms with E-state index in [1.807, 2.05) is 0 Å². The Balaban J connectivity index is 2.31. The highest BCUT2D eigenvalue weighted by atomic mass is 19.4. The SMILES string of the molecule is CN(c1ccccc1C(F)(F)F)C(CN)C1CC1. The van der Waals surface area contributed by atoms with Gasteiger partial charge in [-0.3, -0.25) is 0 Å². The molecule has 1 aromatic carbocycles. The topological polar surface area (TPSA) is 29.3 Å². The van der Waals surface area contributed by atoms with Crippen LogP contribution in [0.4, 0.5) is 18.9 Å². The Hall–Kier alpha value is -1.23. The monoisotopic (exact) mass is 258 g/mol. The maximum absolute atomic E-state index is 12.9. The number of benzene rings is 1. The fourth-order valence-electron chi connectivity index (χ4n) is 2.35. The van der Waals surface area contributed by atoms with Crippen molar-refractivity contribution in [2.24, 2.45) is 11.7 Å². The van der Waals surface area contributed by atoms with E-state index in [-0.39, 0.29) is 11.7 Å². The van der Waals surface area contributed by atoms with Crippen LogP contribution in [0.25, 0.3) is 0 Å². The van der Waals surface area contributed by atoms with Crippen LogP contribution in [0.2, 0.25) is 0 Å². The van der Waals surface area contributed by atoms with Crippen LogP contribution >= 0.6 is 0 Å². The third-order valence-corrected chi connectivity index (χ3v) is 3.49. The molecule has 0 aliphatic heterocycles. The van der Waals surface area contributed by atoms with Gasteiger partial charge in [-0.1, -0.05) is 12.1 Å². The molecule has 2 rings (SSSR count). The zero-order valence-electron chi connectivity index (χ0n) is 10.2. The summed E-state index contributed by atoms with van der Waals surface area (Å²) in [7, 11) is 1.69. The van der Waals surface area contributed by atoms with Crippen molar-refractivity contribution >= 4 is 5.69 Å². The molecule has 18 heavy (non-hydrogen) atoms. The number of hydrogen-bond donors (Lipinski definition) is 1.